The lowest BCUT2D eigenvalue weighted by Gasteiger charge is -2.30. The van der Waals surface area contributed by atoms with E-state index in [1.807, 2.05) is 19.1 Å². The number of aryl methyl sites for hydroxylation is 1. The number of piperidine rings is 1. The second-order valence-electron chi connectivity index (χ2n) is 6.65. The molecule has 0 bridgehead atoms. The summed E-state index contributed by atoms with van der Waals surface area (Å²) in [5.74, 6) is -0.0699. The van der Waals surface area contributed by atoms with Crippen LogP contribution in [0.3, 0.4) is 0 Å². The minimum Gasteiger partial charge on any atom is -0.420 e. The number of aromatic nitrogens is 2. The molecule has 1 fully saturated rings. The zero-order valence-electron chi connectivity index (χ0n) is 14.4. The van der Waals surface area contributed by atoms with Gasteiger partial charge in [-0.15, -0.1) is 21.5 Å². The van der Waals surface area contributed by atoms with Crippen molar-refractivity contribution in [1.82, 2.24) is 15.1 Å². The molecule has 0 unspecified atom stereocenters. The number of thiophene rings is 1. The molecule has 3 heterocycles. The van der Waals surface area contributed by atoms with Crippen LogP contribution in [0.1, 0.15) is 35.1 Å². The van der Waals surface area contributed by atoms with Crippen LogP contribution in [0, 0.1) is 18.6 Å². The zero-order valence-corrected chi connectivity index (χ0v) is 15.2. The van der Waals surface area contributed by atoms with Crippen LogP contribution >= 0.6 is 11.3 Å². The molecule has 1 aromatic carbocycles. The smallest absolute Gasteiger partial charge is 0.257 e. The summed E-state index contributed by atoms with van der Waals surface area (Å²) in [6, 6.07) is 8.14. The van der Waals surface area contributed by atoms with E-state index >= 15 is 0 Å². The van der Waals surface area contributed by atoms with Gasteiger partial charge in [0.1, 0.15) is 0 Å². The molecule has 0 aliphatic carbocycles. The van der Waals surface area contributed by atoms with Crippen LogP contribution in [0.15, 0.2) is 34.7 Å². The van der Waals surface area contributed by atoms with Gasteiger partial charge in [-0.1, -0.05) is 6.07 Å². The largest absolute Gasteiger partial charge is 0.420 e. The Bertz CT molecular complexity index is 900. The van der Waals surface area contributed by atoms with E-state index in [1.54, 1.807) is 17.4 Å². The van der Waals surface area contributed by atoms with E-state index in [4.69, 9.17) is 4.42 Å². The second-order valence-corrected chi connectivity index (χ2v) is 7.94. The Morgan fingerprint density at radius 1 is 1.12 bits per heavy atom. The summed E-state index contributed by atoms with van der Waals surface area (Å²) in [6.45, 7) is 4.39. The third-order valence-corrected chi connectivity index (χ3v) is 5.71. The Hall–Kier alpha value is -2.12. The van der Waals surface area contributed by atoms with Crippen LogP contribution < -0.4 is 0 Å². The van der Waals surface area contributed by atoms with Crippen LogP contribution in [0.5, 0.6) is 0 Å². The van der Waals surface area contributed by atoms with Gasteiger partial charge in [0.2, 0.25) is 5.89 Å². The molecule has 0 N–H and O–H groups in total. The number of rotatable bonds is 4. The third-order valence-electron chi connectivity index (χ3n) is 4.72. The van der Waals surface area contributed by atoms with Crippen molar-refractivity contribution >= 4 is 11.3 Å². The fraction of sp³-hybridized carbons (Fsp3) is 0.368. The van der Waals surface area contributed by atoms with Gasteiger partial charge in [-0.25, -0.2) is 8.78 Å². The van der Waals surface area contributed by atoms with Crippen molar-refractivity contribution in [2.75, 3.05) is 13.1 Å². The Labute approximate surface area is 154 Å². The summed E-state index contributed by atoms with van der Waals surface area (Å²) in [7, 11) is 0. The van der Waals surface area contributed by atoms with Gasteiger partial charge in [-0.05, 0) is 62.7 Å². The van der Waals surface area contributed by atoms with Gasteiger partial charge < -0.3 is 4.42 Å². The molecular formula is C19H19F2N3OS. The standard InChI is InChI=1S/C19H19F2N3OS/c1-12-2-5-17(26-12)19-23-22-18(25-19)14-6-8-24(9-7-14)11-13-3-4-15(20)16(21)10-13/h2-5,10,14H,6-9,11H2,1H3. The molecule has 136 valence electrons. The molecule has 0 radical (unpaired) electrons. The fourth-order valence-corrected chi connectivity index (χ4v) is 4.07. The van der Waals surface area contributed by atoms with Crippen LogP contribution in [0.2, 0.25) is 0 Å². The molecule has 26 heavy (non-hydrogen) atoms. The molecule has 0 atom stereocenters. The van der Waals surface area contributed by atoms with E-state index in [1.165, 1.54) is 17.0 Å². The van der Waals surface area contributed by atoms with Gasteiger partial charge in [0.05, 0.1) is 4.88 Å². The Kier molecular flexibility index (Phi) is 4.82. The molecule has 7 heteroatoms. The van der Waals surface area contributed by atoms with E-state index in [-0.39, 0.29) is 5.92 Å². The van der Waals surface area contributed by atoms with E-state index in [0.29, 0.717) is 18.3 Å². The summed E-state index contributed by atoms with van der Waals surface area (Å²) in [5, 5.41) is 8.42. The Balaban J connectivity index is 1.36. The van der Waals surface area contributed by atoms with Crippen LogP contribution in [-0.4, -0.2) is 28.2 Å². The van der Waals surface area contributed by atoms with Gasteiger partial charge in [0.15, 0.2) is 11.6 Å². The van der Waals surface area contributed by atoms with E-state index < -0.39 is 11.6 Å². The van der Waals surface area contributed by atoms with Crippen molar-refractivity contribution in [2.45, 2.75) is 32.2 Å². The van der Waals surface area contributed by atoms with Gasteiger partial charge >= 0.3 is 0 Å². The average Bonchev–Trinajstić information content (AvgIpc) is 3.28. The molecule has 0 spiro atoms. The number of hydrogen-bond donors (Lipinski definition) is 0. The maximum absolute atomic E-state index is 13.3. The monoisotopic (exact) mass is 375 g/mol. The van der Waals surface area contributed by atoms with Crippen LogP contribution in [0.4, 0.5) is 8.78 Å². The van der Waals surface area contributed by atoms with E-state index in [9.17, 15) is 8.78 Å². The Morgan fingerprint density at radius 2 is 1.92 bits per heavy atom. The number of halogens is 2. The minimum absolute atomic E-state index is 0.249. The summed E-state index contributed by atoms with van der Waals surface area (Å²) in [4.78, 5) is 4.45. The quantitative estimate of drug-likeness (QED) is 0.659. The van der Waals surface area contributed by atoms with Gasteiger partial charge in [0.25, 0.3) is 5.89 Å². The predicted molar refractivity (Wildman–Crippen MR) is 96.0 cm³/mol. The number of nitrogens with zero attached hydrogens (tertiary/aromatic N) is 3. The van der Waals surface area contributed by atoms with Crippen molar-refractivity contribution in [3.8, 4) is 10.8 Å². The van der Waals surface area contributed by atoms with E-state index in [2.05, 4.69) is 15.1 Å². The SMILES string of the molecule is Cc1ccc(-c2nnc(C3CCN(Cc4ccc(F)c(F)c4)CC3)o2)s1. The van der Waals surface area contributed by atoms with Crippen molar-refractivity contribution in [1.29, 1.82) is 0 Å². The first-order valence-electron chi connectivity index (χ1n) is 8.65. The van der Waals surface area contributed by atoms with Gasteiger partial charge in [-0.3, -0.25) is 4.90 Å². The molecule has 3 aromatic rings. The summed E-state index contributed by atoms with van der Waals surface area (Å²) in [6.07, 6.45) is 1.82. The first-order chi connectivity index (χ1) is 12.6. The minimum atomic E-state index is -0.805. The summed E-state index contributed by atoms with van der Waals surface area (Å²) < 4.78 is 32.3. The second kappa shape index (κ2) is 7.25. The van der Waals surface area contributed by atoms with E-state index in [0.717, 1.165) is 36.4 Å². The van der Waals surface area contributed by atoms with Crippen molar-refractivity contribution in [3.05, 3.63) is 58.3 Å². The maximum Gasteiger partial charge on any atom is 0.257 e. The summed E-state index contributed by atoms with van der Waals surface area (Å²) >= 11 is 1.64. The molecule has 4 rings (SSSR count). The highest BCUT2D eigenvalue weighted by Gasteiger charge is 2.25. The number of benzene rings is 1. The normalized spacial score (nSPS) is 16.3. The summed E-state index contributed by atoms with van der Waals surface area (Å²) in [5.41, 5.74) is 0.787. The molecule has 2 aromatic heterocycles. The zero-order chi connectivity index (χ0) is 18.1. The molecule has 1 aliphatic heterocycles. The van der Waals surface area contributed by atoms with Gasteiger partial charge in [-0.2, -0.15) is 0 Å². The van der Waals surface area contributed by atoms with Crippen LogP contribution in [0.25, 0.3) is 10.8 Å². The molecule has 0 amide bonds. The van der Waals surface area contributed by atoms with Gasteiger partial charge in [0, 0.05) is 17.3 Å². The highest BCUT2D eigenvalue weighted by molar-refractivity contribution is 7.15. The maximum atomic E-state index is 13.3. The van der Waals surface area contributed by atoms with Crippen molar-refractivity contribution in [2.24, 2.45) is 0 Å². The average molecular weight is 375 g/mol. The Morgan fingerprint density at radius 3 is 2.62 bits per heavy atom. The number of likely N-dealkylation sites (tertiary alicyclic amines) is 1. The predicted octanol–water partition coefficient (Wildman–Crippen LogP) is 4.76. The lowest BCUT2D eigenvalue weighted by atomic mass is 9.96. The first-order valence-corrected chi connectivity index (χ1v) is 9.46. The lowest BCUT2D eigenvalue weighted by molar-refractivity contribution is 0.193. The van der Waals surface area contributed by atoms with Crippen molar-refractivity contribution in [3.63, 3.8) is 0 Å². The molecular weight excluding hydrogens is 356 g/mol. The lowest BCUT2D eigenvalue weighted by Crippen LogP contribution is -2.32. The topological polar surface area (TPSA) is 42.2 Å². The molecule has 4 nitrogen and oxygen atoms in total. The fourth-order valence-electron chi connectivity index (χ4n) is 3.28. The highest BCUT2D eigenvalue weighted by Crippen LogP contribution is 2.32. The third kappa shape index (κ3) is 3.68. The number of hydrogen-bond acceptors (Lipinski definition) is 5. The van der Waals surface area contributed by atoms with Crippen molar-refractivity contribution < 1.29 is 13.2 Å². The first kappa shape index (κ1) is 17.3. The molecule has 0 saturated carbocycles. The molecule has 1 aliphatic rings. The highest BCUT2D eigenvalue weighted by atomic mass is 32.1. The molecule has 1 saturated heterocycles. The van der Waals surface area contributed by atoms with Crippen LogP contribution in [-0.2, 0) is 6.54 Å².